The van der Waals surface area contributed by atoms with Crippen molar-refractivity contribution < 1.29 is 19.1 Å². The van der Waals surface area contributed by atoms with Crippen molar-refractivity contribution in [2.45, 2.75) is 60.3 Å². The van der Waals surface area contributed by atoms with Crippen LogP contribution in [0.25, 0.3) is 0 Å². The zero-order valence-corrected chi connectivity index (χ0v) is 20.2. The van der Waals surface area contributed by atoms with Gasteiger partial charge in [-0.3, -0.25) is 9.59 Å². The third-order valence-corrected chi connectivity index (χ3v) is 8.33. The fourth-order valence-electron chi connectivity index (χ4n) is 6.73. The van der Waals surface area contributed by atoms with Crippen LogP contribution in [-0.2, 0) is 4.79 Å². The van der Waals surface area contributed by atoms with Crippen LogP contribution in [0.1, 0.15) is 70.7 Å². The van der Waals surface area contributed by atoms with Gasteiger partial charge in [0.05, 0.1) is 14.2 Å². The van der Waals surface area contributed by atoms with Crippen molar-refractivity contribution in [1.82, 2.24) is 5.32 Å². The molecule has 0 heterocycles. The summed E-state index contributed by atoms with van der Waals surface area (Å²) < 4.78 is 10.9. The average Bonchev–Trinajstić information content (AvgIpc) is 2.71. The Morgan fingerprint density at radius 3 is 2.23 bits per heavy atom. The number of ketones is 1. The minimum Gasteiger partial charge on any atom is -0.497 e. The van der Waals surface area contributed by atoms with Gasteiger partial charge < -0.3 is 14.8 Å². The second-order valence-electron chi connectivity index (χ2n) is 10.6. The molecule has 1 N–H and O–H groups in total. The molecule has 31 heavy (non-hydrogen) atoms. The maximum Gasteiger partial charge on any atom is 0.216 e. The molecule has 0 radical (unpaired) electrons. The van der Waals surface area contributed by atoms with E-state index in [0.29, 0.717) is 29.5 Å². The fraction of sp³-hybridized carbons (Fsp3) is 0.692. The van der Waals surface area contributed by atoms with E-state index in [2.05, 4.69) is 33.0 Å². The normalized spacial score (nSPS) is 32.0. The highest BCUT2D eigenvalue weighted by Crippen LogP contribution is 2.62. The van der Waals surface area contributed by atoms with E-state index in [1.165, 1.54) is 6.42 Å². The van der Waals surface area contributed by atoms with Crippen molar-refractivity contribution in [2.24, 2.45) is 34.5 Å². The molecule has 5 nitrogen and oxygen atoms in total. The van der Waals surface area contributed by atoms with Crippen LogP contribution in [0.3, 0.4) is 0 Å². The highest BCUT2D eigenvalue weighted by Gasteiger charge is 2.58. The summed E-state index contributed by atoms with van der Waals surface area (Å²) >= 11 is 0. The van der Waals surface area contributed by atoms with Crippen LogP contribution in [0.4, 0.5) is 0 Å². The standard InChI is InChI=1S/C26H39NO4/c1-16-19(15-27-17(2)28)13-22-25(3,4)9-8-10-26(22,5)23(16)24(29)18-11-20(30-6)14-21(12-18)31-7/h11-12,14,16,19,22-23H,8-10,13,15H2,1-7H3,(H,27,28). The molecule has 0 saturated heterocycles. The van der Waals surface area contributed by atoms with Gasteiger partial charge in [0.15, 0.2) is 5.78 Å². The Balaban J connectivity index is 2.05. The summed E-state index contributed by atoms with van der Waals surface area (Å²) in [4.78, 5) is 25.7. The molecule has 0 aromatic heterocycles. The van der Waals surface area contributed by atoms with Crippen LogP contribution in [0.2, 0.25) is 0 Å². The number of Topliss-reactive ketones (excluding diaryl/α,β-unsaturated/α-hetero) is 1. The van der Waals surface area contributed by atoms with Crippen LogP contribution in [0.5, 0.6) is 11.5 Å². The van der Waals surface area contributed by atoms with E-state index in [9.17, 15) is 9.59 Å². The van der Waals surface area contributed by atoms with Crippen molar-refractivity contribution in [3.05, 3.63) is 23.8 Å². The van der Waals surface area contributed by atoms with Crippen LogP contribution < -0.4 is 14.8 Å². The number of hydrogen-bond acceptors (Lipinski definition) is 4. The number of carbonyl (C=O) groups is 2. The largest absolute Gasteiger partial charge is 0.497 e. The molecule has 1 aromatic rings. The Hall–Kier alpha value is -2.04. The number of rotatable bonds is 6. The number of hydrogen-bond donors (Lipinski definition) is 1. The number of benzene rings is 1. The highest BCUT2D eigenvalue weighted by atomic mass is 16.5. The fourth-order valence-corrected chi connectivity index (χ4v) is 6.73. The van der Waals surface area contributed by atoms with Crippen molar-refractivity contribution in [1.29, 1.82) is 0 Å². The Bertz CT molecular complexity index is 810. The molecule has 1 amide bonds. The highest BCUT2D eigenvalue weighted by molar-refractivity contribution is 5.99. The average molecular weight is 430 g/mol. The van der Waals surface area contributed by atoms with E-state index in [0.717, 1.165) is 19.3 Å². The number of nitrogens with one attached hydrogen (secondary N) is 1. The molecule has 5 heteroatoms. The molecule has 5 atom stereocenters. The summed E-state index contributed by atoms with van der Waals surface area (Å²) in [5, 5.41) is 3.03. The van der Waals surface area contributed by atoms with E-state index in [1.807, 2.05) is 12.1 Å². The number of fused-ring (bicyclic) bond motifs is 1. The Morgan fingerprint density at radius 1 is 1.06 bits per heavy atom. The molecule has 2 fully saturated rings. The molecule has 2 aliphatic rings. The Labute approximate surface area is 187 Å². The molecule has 172 valence electrons. The van der Waals surface area contributed by atoms with E-state index in [-0.39, 0.29) is 40.3 Å². The lowest BCUT2D eigenvalue weighted by molar-refractivity contribution is -0.121. The number of methoxy groups -OCH3 is 2. The maximum atomic E-state index is 14.1. The van der Waals surface area contributed by atoms with E-state index < -0.39 is 0 Å². The molecule has 0 spiro atoms. The Kier molecular flexibility index (Phi) is 6.73. The van der Waals surface area contributed by atoms with Crippen LogP contribution in [-0.4, -0.2) is 32.5 Å². The summed E-state index contributed by atoms with van der Waals surface area (Å²) in [5.74, 6) is 2.20. The summed E-state index contributed by atoms with van der Waals surface area (Å²) in [6.45, 7) is 11.4. The third-order valence-electron chi connectivity index (χ3n) is 8.33. The van der Waals surface area contributed by atoms with Gasteiger partial charge in [-0.25, -0.2) is 0 Å². The van der Waals surface area contributed by atoms with Gasteiger partial charge in [0.1, 0.15) is 11.5 Å². The zero-order chi connectivity index (χ0) is 23.0. The third kappa shape index (κ3) is 4.47. The summed E-state index contributed by atoms with van der Waals surface area (Å²) in [7, 11) is 3.22. The van der Waals surface area contributed by atoms with Gasteiger partial charge in [0.25, 0.3) is 0 Å². The molecular formula is C26H39NO4. The minimum absolute atomic E-state index is 0.0103. The van der Waals surface area contributed by atoms with E-state index in [4.69, 9.17) is 9.47 Å². The van der Waals surface area contributed by atoms with Gasteiger partial charge in [-0.05, 0) is 60.0 Å². The molecular weight excluding hydrogens is 390 g/mol. The predicted molar refractivity (Wildman–Crippen MR) is 123 cm³/mol. The van der Waals surface area contributed by atoms with Crippen molar-refractivity contribution in [2.75, 3.05) is 20.8 Å². The van der Waals surface area contributed by atoms with Crippen LogP contribution in [0, 0.1) is 34.5 Å². The minimum atomic E-state index is -0.110. The van der Waals surface area contributed by atoms with Gasteiger partial charge in [-0.1, -0.05) is 34.1 Å². The number of ether oxygens (including phenoxy) is 2. The van der Waals surface area contributed by atoms with Crippen molar-refractivity contribution in [3.63, 3.8) is 0 Å². The van der Waals surface area contributed by atoms with Crippen LogP contribution in [0.15, 0.2) is 18.2 Å². The summed E-state index contributed by atoms with van der Waals surface area (Å²) in [6.07, 6.45) is 4.45. The molecule has 0 bridgehead atoms. The summed E-state index contributed by atoms with van der Waals surface area (Å²) in [6, 6.07) is 5.47. The first-order chi connectivity index (χ1) is 14.5. The zero-order valence-electron chi connectivity index (χ0n) is 20.2. The van der Waals surface area contributed by atoms with Crippen molar-refractivity contribution >= 4 is 11.7 Å². The number of carbonyl (C=O) groups excluding carboxylic acids is 2. The molecule has 3 rings (SSSR count). The van der Waals surface area contributed by atoms with Crippen LogP contribution >= 0.6 is 0 Å². The second-order valence-corrected chi connectivity index (χ2v) is 10.6. The SMILES string of the molecule is COc1cc(OC)cc(C(=O)C2C(C)C(CNC(C)=O)CC3C(C)(C)CCCC23C)c1. The first-order valence-electron chi connectivity index (χ1n) is 11.5. The van der Waals surface area contributed by atoms with E-state index in [1.54, 1.807) is 27.2 Å². The molecule has 1 aromatic carbocycles. The van der Waals surface area contributed by atoms with E-state index >= 15 is 0 Å². The lowest BCUT2D eigenvalue weighted by Crippen LogP contribution is -2.57. The smallest absolute Gasteiger partial charge is 0.216 e. The van der Waals surface area contributed by atoms with Gasteiger partial charge in [0, 0.05) is 31.0 Å². The first kappa shape index (κ1) is 23.6. The molecule has 5 unspecified atom stereocenters. The maximum absolute atomic E-state index is 14.1. The second kappa shape index (κ2) is 8.84. The molecule has 2 aliphatic carbocycles. The summed E-state index contributed by atoms with van der Waals surface area (Å²) in [5.41, 5.74) is 0.754. The quantitative estimate of drug-likeness (QED) is 0.637. The van der Waals surface area contributed by atoms with Gasteiger partial charge in [0.2, 0.25) is 5.91 Å². The topological polar surface area (TPSA) is 64.6 Å². The van der Waals surface area contributed by atoms with Crippen molar-refractivity contribution in [3.8, 4) is 11.5 Å². The molecule has 0 aliphatic heterocycles. The van der Waals surface area contributed by atoms with Gasteiger partial charge >= 0.3 is 0 Å². The monoisotopic (exact) mass is 429 g/mol. The first-order valence-corrected chi connectivity index (χ1v) is 11.5. The predicted octanol–water partition coefficient (Wildman–Crippen LogP) is 5.13. The molecule has 2 saturated carbocycles. The Morgan fingerprint density at radius 2 is 1.68 bits per heavy atom. The van der Waals surface area contributed by atoms with Gasteiger partial charge in [-0.2, -0.15) is 0 Å². The lowest BCUT2D eigenvalue weighted by Gasteiger charge is -2.60. The number of amides is 1. The lowest BCUT2D eigenvalue weighted by atomic mass is 9.44. The van der Waals surface area contributed by atoms with Gasteiger partial charge in [-0.15, -0.1) is 0 Å².